The number of hydrogen-bond donors (Lipinski definition) is 0. The first-order chi connectivity index (χ1) is 16.0. The van der Waals surface area contributed by atoms with Crippen LogP contribution in [0.5, 0.6) is 0 Å². The minimum atomic E-state index is -0.441. The second-order valence-corrected chi connectivity index (χ2v) is 9.28. The van der Waals surface area contributed by atoms with E-state index < -0.39 is 5.69 Å². The van der Waals surface area contributed by atoms with Crippen LogP contribution < -0.4 is 11.2 Å². The maximum atomic E-state index is 13.1. The van der Waals surface area contributed by atoms with Crippen LogP contribution >= 0.6 is 11.3 Å². The molecule has 170 valence electrons. The van der Waals surface area contributed by atoms with Crippen molar-refractivity contribution in [2.24, 2.45) is 0 Å². The molecule has 33 heavy (non-hydrogen) atoms. The Morgan fingerprint density at radius 3 is 2.45 bits per heavy atom. The number of amides is 1. The standard InChI is InChI=1S/C24H25N5O3S/c1-2-28-23(31)17-7-3-5-9-19(17)29(24(28)32)16-22(30)27-13-11-26(12-14-27)15-21-25-18-8-4-6-10-20(18)33-21/h3-10H,2,11-16H2,1H3. The predicted octanol–water partition coefficient (Wildman–Crippen LogP) is 2.14. The quantitative estimate of drug-likeness (QED) is 0.453. The molecular formula is C24H25N5O3S. The zero-order valence-corrected chi connectivity index (χ0v) is 19.3. The third-order valence-corrected chi connectivity index (χ3v) is 7.19. The molecule has 5 rings (SSSR count). The van der Waals surface area contributed by atoms with Crippen LogP contribution in [-0.4, -0.2) is 56.0 Å². The molecule has 9 heteroatoms. The average Bonchev–Trinajstić information content (AvgIpc) is 3.25. The summed E-state index contributed by atoms with van der Waals surface area (Å²) in [5.41, 5.74) is 0.770. The van der Waals surface area contributed by atoms with Crippen LogP contribution in [0.1, 0.15) is 11.9 Å². The number of hydrogen-bond acceptors (Lipinski definition) is 6. The first-order valence-electron chi connectivity index (χ1n) is 11.1. The fourth-order valence-electron chi connectivity index (χ4n) is 4.37. The third kappa shape index (κ3) is 4.09. The Balaban J connectivity index is 1.28. The van der Waals surface area contributed by atoms with Crippen LogP contribution in [0.25, 0.3) is 21.1 Å². The monoisotopic (exact) mass is 463 g/mol. The number of aromatic nitrogens is 3. The van der Waals surface area contributed by atoms with E-state index in [1.807, 2.05) is 18.2 Å². The molecule has 0 radical (unpaired) electrons. The van der Waals surface area contributed by atoms with Gasteiger partial charge in [-0.15, -0.1) is 11.3 Å². The maximum Gasteiger partial charge on any atom is 0.331 e. The molecule has 0 unspecified atom stereocenters. The molecule has 2 aromatic heterocycles. The summed E-state index contributed by atoms with van der Waals surface area (Å²) in [6.07, 6.45) is 0. The van der Waals surface area contributed by atoms with Crippen LogP contribution in [0, 0.1) is 0 Å². The minimum Gasteiger partial charge on any atom is -0.339 e. The van der Waals surface area contributed by atoms with E-state index in [1.165, 1.54) is 13.8 Å². The van der Waals surface area contributed by atoms with Crippen molar-refractivity contribution in [3.05, 3.63) is 74.4 Å². The van der Waals surface area contributed by atoms with Crippen molar-refractivity contribution in [1.82, 2.24) is 23.9 Å². The number of fused-ring (bicyclic) bond motifs is 2. The molecule has 1 saturated heterocycles. The summed E-state index contributed by atoms with van der Waals surface area (Å²) in [6, 6.07) is 15.1. The highest BCUT2D eigenvalue weighted by Gasteiger charge is 2.23. The van der Waals surface area contributed by atoms with Crippen molar-refractivity contribution >= 4 is 38.4 Å². The Morgan fingerprint density at radius 1 is 0.970 bits per heavy atom. The molecular weight excluding hydrogens is 438 g/mol. The molecule has 1 aliphatic heterocycles. The van der Waals surface area contributed by atoms with Gasteiger partial charge in [-0.1, -0.05) is 24.3 Å². The number of rotatable bonds is 5. The van der Waals surface area contributed by atoms with E-state index in [4.69, 9.17) is 4.98 Å². The summed E-state index contributed by atoms with van der Waals surface area (Å²) in [6.45, 7) is 5.44. The molecule has 0 bridgehead atoms. The second kappa shape index (κ2) is 8.92. The Labute approximate surface area is 194 Å². The van der Waals surface area contributed by atoms with E-state index in [-0.39, 0.29) is 24.6 Å². The maximum absolute atomic E-state index is 13.1. The number of piperazine rings is 1. The SMILES string of the molecule is CCn1c(=O)c2ccccc2n(CC(=O)N2CCN(Cc3nc4ccccc4s3)CC2)c1=O. The van der Waals surface area contributed by atoms with Gasteiger partial charge < -0.3 is 4.90 Å². The van der Waals surface area contributed by atoms with E-state index in [2.05, 4.69) is 11.0 Å². The number of para-hydroxylation sites is 2. The summed E-state index contributed by atoms with van der Waals surface area (Å²) in [4.78, 5) is 47.4. The predicted molar refractivity (Wildman–Crippen MR) is 130 cm³/mol. The molecule has 0 saturated carbocycles. The molecule has 8 nitrogen and oxygen atoms in total. The van der Waals surface area contributed by atoms with E-state index in [9.17, 15) is 14.4 Å². The number of carbonyl (C=O) groups excluding carboxylic acids is 1. The summed E-state index contributed by atoms with van der Waals surface area (Å²) >= 11 is 1.71. The van der Waals surface area contributed by atoms with Crippen molar-refractivity contribution in [3.8, 4) is 0 Å². The van der Waals surface area contributed by atoms with Crippen molar-refractivity contribution in [2.75, 3.05) is 26.2 Å². The number of thiazole rings is 1. The lowest BCUT2D eigenvalue weighted by Crippen LogP contribution is -2.50. The van der Waals surface area contributed by atoms with Crippen LogP contribution in [0.4, 0.5) is 0 Å². The molecule has 0 spiro atoms. The number of nitrogens with zero attached hydrogens (tertiary/aromatic N) is 5. The second-order valence-electron chi connectivity index (χ2n) is 8.17. The molecule has 0 N–H and O–H groups in total. The molecule has 0 aliphatic carbocycles. The lowest BCUT2D eigenvalue weighted by molar-refractivity contribution is -0.133. The zero-order chi connectivity index (χ0) is 22.9. The van der Waals surface area contributed by atoms with Gasteiger partial charge in [0.05, 0.1) is 27.7 Å². The summed E-state index contributed by atoms with van der Waals surface area (Å²) in [7, 11) is 0. The van der Waals surface area contributed by atoms with Crippen molar-refractivity contribution in [2.45, 2.75) is 26.6 Å². The zero-order valence-electron chi connectivity index (χ0n) is 18.4. The van der Waals surface area contributed by atoms with Gasteiger partial charge in [-0.3, -0.25) is 23.6 Å². The molecule has 1 amide bonds. The fourth-order valence-corrected chi connectivity index (χ4v) is 5.38. The summed E-state index contributed by atoms with van der Waals surface area (Å²) in [5, 5.41) is 1.53. The van der Waals surface area contributed by atoms with Gasteiger partial charge in [-0.2, -0.15) is 0 Å². The van der Waals surface area contributed by atoms with Crippen molar-refractivity contribution in [3.63, 3.8) is 0 Å². The van der Waals surface area contributed by atoms with E-state index in [0.29, 0.717) is 24.0 Å². The summed E-state index contributed by atoms with van der Waals surface area (Å²) < 4.78 is 3.80. The van der Waals surface area contributed by atoms with Crippen LogP contribution in [0.2, 0.25) is 0 Å². The lowest BCUT2D eigenvalue weighted by atomic mass is 10.2. The van der Waals surface area contributed by atoms with E-state index in [1.54, 1.807) is 47.4 Å². The molecule has 2 aromatic carbocycles. The molecule has 3 heterocycles. The Bertz CT molecular complexity index is 1410. The number of carbonyl (C=O) groups is 1. The summed E-state index contributed by atoms with van der Waals surface area (Å²) in [5.74, 6) is -0.108. The first kappa shape index (κ1) is 21.5. The smallest absolute Gasteiger partial charge is 0.331 e. The van der Waals surface area contributed by atoms with Gasteiger partial charge in [0, 0.05) is 32.7 Å². The lowest BCUT2D eigenvalue weighted by Gasteiger charge is -2.34. The minimum absolute atomic E-state index is 0.0719. The normalized spacial score (nSPS) is 14.9. The topological polar surface area (TPSA) is 80.4 Å². The Morgan fingerprint density at radius 2 is 1.70 bits per heavy atom. The van der Waals surface area contributed by atoms with Crippen molar-refractivity contribution < 1.29 is 4.79 Å². The third-order valence-electron chi connectivity index (χ3n) is 6.16. The van der Waals surface area contributed by atoms with Gasteiger partial charge in [0.1, 0.15) is 11.6 Å². The van der Waals surface area contributed by atoms with Crippen LogP contribution in [-0.2, 0) is 24.4 Å². The van der Waals surface area contributed by atoms with Gasteiger partial charge in [-0.25, -0.2) is 9.78 Å². The first-order valence-corrected chi connectivity index (χ1v) is 11.9. The average molecular weight is 464 g/mol. The molecule has 1 fully saturated rings. The van der Waals surface area contributed by atoms with E-state index >= 15 is 0 Å². The Kier molecular flexibility index (Phi) is 5.82. The largest absolute Gasteiger partial charge is 0.339 e. The van der Waals surface area contributed by atoms with Crippen LogP contribution in [0.3, 0.4) is 0 Å². The Hall–Kier alpha value is -3.30. The van der Waals surface area contributed by atoms with E-state index in [0.717, 1.165) is 30.2 Å². The van der Waals surface area contributed by atoms with Gasteiger partial charge in [-0.05, 0) is 31.2 Å². The highest BCUT2D eigenvalue weighted by Crippen LogP contribution is 2.23. The molecule has 4 aromatic rings. The van der Waals surface area contributed by atoms with Gasteiger partial charge >= 0.3 is 5.69 Å². The fraction of sp³-hybridized carbons (Fsp3) is 0.333. The van der Waals surface area contributed by atoms with Crippen LogP contribution in [0.15, 0.2) is 58.1 Å². The van der Waals surface area contributed by atoms with Gasteiger partial charge in [0.15, 0.2) is 0 Å². The highest BCUT2D eigenvalue weighted by atomic mass is 32.1. The molecule has 0 atom stereocenters. The van der Waals surface area contributed by atoms with Gasteiger partial charge in [0.2, 0.25) is 5.91 Å². The number of benzene rings is 2. The van der Waals surface area contributed by atoms with Gasteiger partial charge in [0.25, 0.3) is 5.56 Å². The molecule has 1 aliphatic rings. The highest BCUT2D eigenvalue weighted by molar-refractivity contribution is 7.18. The van der Waals surface area contributed by atoms with Crippen molar-refractivity contribution in [1.29, 1.82) is 0 Å².